The van der Waals surface area contributed by atoms with Crippen molar-refractivity contribution in [1.29, 1.82) is 5.26 Å². The predicted octanol–water partition coefficient (Wildman–Crippen LogP) is 2.38. The highest BCUT2D eigenvalue weighted by molar-refractivity contribution is 8.02. The first-order valence-electron chi connectivity index (χ1n) is 10.7. The number of nitriles is 1. The van der Waals surface area contributed by atoms with Gasteiger partial charge in [0.05, 0.1) is 28.6 Å². The normalized spacial score (nSPS) is 20.1. The Morgan fingerprint density at radius 3 is 2.82 bits per heavy atom. The molecule has 0 amide bonds. The Hall–Kier alpha value is -3.49. The van der Waals surface area contributed by atoms with Crippen molar-refractivity contribution in [2.45, 2.75) is 38.2 Å². The number of halogens is 1. The number of aliphatic imine (C=N–C) groups is 1. The Morgan fingerprint density at radius 1 is 1.29 bits per heavy atom. The van der Waals surface area contributed by atoms with Gasteiger partial charge in [0.25, 0.3) is 5.56 Å². The average molecular weight is 482 g/mol. The molecule has 0 saturated heterocycles. The van der Waals surface area contributed by atoms with Gasteiger partial charge < -0.3 is 19.5 Å². The smallest absolute Gasteiger partial charge is 0.263 e. The van der Waals surface area contributed by atoms with Gasteiger partial charge in [-0.2, -0.15) is 5.26 Å². The summed E-state index contributed by atoms with van der Waals surface area (Å²) in [5, 5.41) is 19.7. The molecule has 2 aliphatic carbocycles. The number of pyridine rings is 1. The van der Waals surface area contributed by atoms with Crippen molar-refractivity contribution in [3.8, 4) is 11.8 Å². The van der Waals surface area contributed by atoms with Crippen LogP contribution in [0.4, 0.5) is 4.39 Å². The monoisotopic (exact) mass is 482 g/mol. The number of ketones is 2. The zero-order valence-electron chi connectivity index (χ0n) is 17.8. The number of amidine groups is 1. The van der Waals surface area contributed by atoms with Crippen LogP contribution in [-0.2, 0) is 20.7 Å². The first kappa shape index (κ1) is 22.3. The van der Waals surface area contributed by atoms with Crippen LogP contribution in [0.5, 0.6) is 5.75 Å². The van der Waals surface area contributed by atoms with E-state index in [2.05, 4.69) is 14.7 Å². The van der Waals surface area contributed by atoms with Crippen LogP contribution in [0.2, 0.25) is 0 Å². The Kier molecular flexibility index (Phi) is 5.71. The second-order valence-electron chi connectivity index (χ2n) is 8.44. The van der Waals surface area contributed by atoms with E-state index in [1.165, 1.54) is 6.07 Å². The summed E-state index contributed by atoms with van der Waals surface area (Å²) < 4.78 is 22.2. The molecule has 3 N–H and O–H groups in total. The number of carbonyl (C=O) groups is 2. The number of benzene rings is 1. The molecule has 1 unspecified atom stereocenters. The molecule has 1 atom stereocenters. The quantitative estimate of drug-likeness (QED) is 0.420. The van der Waals surface area contributed by atoms with Crippen LogP contribution in [0.3, 0.4) is 0 Å². The van der Waals surface area contributed by atoms with E-state index >= 15 is 0 Å². The fourth-order valence-corrected chi connectivity index (χ4v) is 4.99. The number of hydrogen-bond acceptors (Lipinski definition) is 9. The number of aromatic amines is 1. The van der Waals surface area contributed by atoms with E-state index in [0.29, 0.717) is 23.4 Å². The van der Waals surface area contributed by atoms with Gasteiger partial charge in [0.2, 0.25) is 5.78 Å². The number of fused-ring (bicyclic) bond motifs is 1. The maximum Gasteiger partial charge on any atom is 0.263 e. The molecule has 1 fully saturated rings. The number of hydrogen-bond donors (Lipinski definition) is 3. The van der Waals surface area contributed by atoms with E-state index < -0.39 is 41.4 Å². The Labute approximate surface area is 196 Å². The van der Waals surface area contributed by atoms with Crippen LogP contribution in [0.1, 0.15) is 36.8 Å². The first-order chi connectivity index (χ1) is 16.4. The minimum Gasteiger partial charge on any atom is -0.506 e. The fourth-order valence-electron chi connectivity index (χ4n) is 4.20. The molecule has 1 aliphatic heterocycles. The maximum atomic E-state index is 14.4. The minimum atomic E-state index is -1.38. The molecule has 2 heterocycles. The topological polar surface area (TPSA) is 145 Å². The molecule has 3 aliphatic rings. The Balaban J connectivity index is 1.54. The van der Waals surface area contributed by atoms with Gasteiger partial charge in [-0.05, 0) is 48.4 Å². The second kappa shape index (κ2) is 8.70. The summed E-state index contributed by atoms with van der Waals surface area (Å²) in [4.78, 5) is 45.1. The SMILES string of the molecule is N#CCOC1C(=O)CC2=C(SNC(c3c(O)c4cc(F)cc(CCC5CC5)c4[nH]c3=O)=N2)C1=O. The number of aryl methyl sites for hydroxylation is 1. The molecule has 1 aromatic heterocycles. The van der Waals surface area contributed by atoms with E-state index in [-0.39, 0.29) is 33.8 Å². The molecular formula is C23H19FN4O5S. The summed E-state index contributed by atoms with van der Waals surface area (Å²) in [6, 6.07) is 4.24. The lowest BCUT2D eigenvalue weighted by Gasteiger charge is -2.26. The van der Waals surface area contributed by atoms with Crippen LogP contribution in [0.15, 0.2) is 32.5 Å². The molecule has 0 radical (unpaired) electrons. The molecule has 0 bridgehead atoms. The van der Waals surface area contributed by atoms with Crippen LogP contribution < -0.4 is 10.3 Å². The molecule has 0 spiro atoms. The van der Waals surface area contributed by atoms with Crippen molar-refractivity contribution in [3.05, 3.63) is 50.0 Å². The lowest BCUT2D eigenvalue weighted by Crippen LogP contribution is -2.40. The second-order valence-corrected chi connectivity index (χ2v) is 9.26. The highest BCUT2D eigenvalue weighted by atomic mass is 32.2. The van der Waals surface area contributed by atoms with Gasteiger partial charge in [-0.3, -0.25) is 14.4 Å². The van der Waals surface area contributed by atoms with Gasteiger partial charge in [0.1, 0.15) is 23.7 Å². The highest BCUT2D eigenvalue weighted by Gasteiger charge is 2.39. The number of nitrogens with one attached hydrogen (secondary N) is 2. The predicted molar refractivity (Wildman–Crippen MR) is 122 cm³/mol. The zero-order valence-corrected chi connectivity index (χ0v) is 18.6. The third-order valence-electron chi connectivity index (χ3n) is 6.07. The first-order valence-corrected chi connectivity index (χ1v) is 11.6. The molecule has 34 heavy (non-hydrogen) atoms. The highest BCUT2D eigenvalue weighted by Crippen LogP contribution is 2.37. The standard InChI is InChI=1S/C23H19FN4O5S/c24-12-7-11(4-3-10-1-2-10)17-13(8-12)18(30)16(23(32)27-17)22-26-14-9-15(29)20(33-6-5-25)19(31)21(14)34-28-22/h7-8,10,20H,1-4,6,9H2,(H,26,28)(H2,27,30,32). The van der Waals surface area contributed by atoms with Gasteiger partial charge >= 0.3 is 0 Å². The number of aromatic hydroxyl groups is 1. The number of Topliss-reactive ketones (excluding diaryl/α,β-unsaturated/α-hetero) is 2. The third kappa shape index (κ3) is 3.99. The lowest BCUT2D eigenvalue weighted by molar-refractivity contribution is -0.139. The van der Waals surface area contributed by atoms with Gasteiger partial charge in [-0.25, -0.2) is 9.38 Å². The van der Waals surface area contributed by atoms with E-state index in [0.717, 1.165) is 37.3 Å². The van der Waals surface area contributed by atoms with Crippen molar-refractivity contribution in [1.82, 2.24) is 9.71 Å². The van der Waals surface area contributed by atoms with Gasteiger partial charge in [-0.1, -0.05) is 12.8 Å². The van der Waals surface area contributed by atoms with E-state index in [1.807, 2.05) is 0 Å². The Morgan fingerprint density at radius 2 is 2.09 bits per heavy atom. The summed E-state index contributed by atoms with van der Waals surface area (Å²) in [6.45, 7) is -0.406. The summed E-state index contributed by atoms with van der Waals surface area (Å²) in [6.07, 6.45) is 2.15. The minimum absolute atomic E-state index is 0.0508. The maximum absolute atomic E-state index is 14.4. The van der Waals surface area contributed by atoms with Gasteiger partial charge in [0.15, 0.2) is 17.7 Å². The molecule has 5 rings (SSSR count). The number of H-pyrrole nitrogens is 1. The molecule has 2 aromatic rings. The van der Waals surface area contributed by atoms with Crippen molar-refractivity contribution in [3.63, 3.8) is 0 Å². The zero-order chi connectivity index (χ0) is 24.0. The number of rotatable bonds is 6. The number of ether oxygens (including phenoxy) is 1. The Bertz CT molecular complexity index is 1400. The number of nitrogens with zero attached hydrogens (tertiary/aromatic N) is 2. The summed E-state index contributed by atoms with van der Waals surface area (Å²) in [5.74, 6) is -1.58. The largest absolute Gasteiger partial charge is 0.506 e. The van der Waals surface area contributed by atoms with Crippen molar-refractivity contribution >= 4 is 40.3 Å². The van der Waals surface area contributed by atoms with Gasteiger partial charge in [-0.15, -0.1) is 0 Å². The van der Waals surface area contributed by atoms with E-state index in [1.54, 1.807) is 6.07 Å². The lowest BCUT2D eigenvalue weighted by atomic mass is 9.98. The molecule has 1 saturated carbocycles. The summed E-state index contributed by atoms with van der Waals surface area (Å²) in [7, 11) is 0. The van der Waals surface area contributed by atoms with Crippen molar-refractivity contribution in [2.24, 2.45) is 10.9 Å². The van der Waals surface area contributed by atoms with Crippen LogP contribution in [0.25, 0.3) is 10.9 Å². The fraction of sp³-hybridized carbons (Fsp3) is 0.348. The molecule has 1 aromatic carbocycles. The number of carbonyl (C=O) groups excluding carboxylic acids is 2. The van der Waals surface area contributed by atoms with Crippen molar-refractivity contribution in [2.75, 3.05) is 6.61 Å². The van der Waals surface area contributed by atoms with Crippen LogP contribution in [0, 0.1) is 23.1 Å². The number of allylic oxidation sites excluding steroid dienone is 1. The molecule has 174 valence electrons. The average Bonchev–Trinajstić information content (AvgIpc) is 3.62. The van der Waals surface area contributed by atoms with Gasteiger partial charge in [0, 0.05) is 5.39 Å². The third-order valence-corrected chi connectivity index (χ3v) is 7.00. The van der Waals surface area contributed by atoms with Crippen LogP contribution in [-0.4, -0.2) is 40.2 Å². The van der Waals surface area contributed by atoms with E-state index in [9.17, 15) is 23.9 Å². The molecular weight excluding hydrogens is 463 g/mol. The van der Waals surface area contributed by atoms with E-state index in [4.69, 9.17) is 10.00 Å². The summed E-state index contributed by atoms with van der Waals surface area (Å²) >= 11 is 0.841. The van der Waals surface area contributed by atoms with Crippen LogP contribution >= 0.6 is 11.9 Å². The summed E-state index contributed by atoms with van der Waals surface area (Å²) in [5.41, 5.74) is 0.272. The molecule has 9 nitrogen and oxygen atoms in total. The molecule has 11 heteroatoms. The number of aromatic nitrogens is 1. The van der Waals surface area contributed by atoms with Crippen molar-refractivity contribution < 1.29 is 23.8 Å².